The summed E-state index contributed by atoms with van der Waals surface area (Å²) in [5.41, 5.74) is 0.956. The number of hydrogen-bond donors (Lipinski definition) is 2. The molecular formula is C20H25N3O7S. The molecule has 11 heteroatoms. The molecule has 168 valence electrons. The van der Waals surface area contributed by atoms with Crippen LogP contribution in [-0.2, 0) is 24.3 Å². The second-order valence-corrected chi connectivity index (χ2v) is 9.25. The van der Waals surface area contributed by atoms with E-state index in [2.05, 4.69) is 10.0 Å². The minimum absolute atomic E-state index is 0.0284. The third kappa shape index (κ3) is 5.56. The number of rotatable bonds is 8. The second-order valence-electron chi connectivity index (χ2n) is 7.33. The van der Waals surface area contributed by atoms with Gasteiger partial charge in [0.15, 0.2) is 5.78 Å². The van der Waals surface area contributed by atoms with Crippen molar-refractivity contribution in [2.75, 3.05) is 12.8 Å². The highest BCUT2D eigenvalue weighted by Gasteiger charge is 2.38. The fourth-order valence-corrected chi connectivity index (χ4v) is 4.03. The first kappa shape index (κ1) is 24.2. The van der Waals surface area contributed by atoms with Crippen molar-refractivity contribution >= 4 is 27.5 Å². The van der Waals surface area contributed by atoms with Crippen LogP contribution in [0.4, 0.5) is 5.69 Å². The highest BCUT2D eigenvalue weighted by Crippen LogP contribution is 2.40. The Labute approximate surface area is 180 Å². The Morgan fingerprint density at radius 1 is 1.23 bits per heavy atom. The molecule has 1 atom stereocenters. The van der Waals surface area contributed by atoms with Gasteiger partial charge in [-0.05, 0) is 40.3 Å². The first-order valence-electron chi connectivity index (χ1n) is 9.46. The minimum Gasteiger partial charge on any atom is -0.460 e. The number of nitro benzene ring substituents is 1. The lowest BCUT2D eigenvalue weighted by molar-refractivity contribution is -0.384. The van der Waals surface area contributed by atoms with Crippen molar-refractivity contribution in [2.45, 2.75) is 39.7 Å². The summed E-state index contributed by atoms with van der Waals surface area (Å²) in [4.78, 5) is 36.7. The Morgan fingerprint density at radius 2 is 1.84 bits per heavy atom. The van der Waals surface area contributed by atoms with Crippen molar-refractivity contribution < 1.29 is 27.7 Å². The molecule has 2 N–H and O–H groups in total. The van der Waals surface area contributed by atoms with E-state index in [1.807, 2.05) is 0 Å². The number of carbonyl (C=O) groups is 2. The van der Waals surface area contributed by atoms with E-state index in [-0.39, 0.29) is 16.8 Å². The monoisotopic (exact) mass is 451 g/mol. The Kier molecular flexibility index (Phi) is 7.34. The first-order valence-corrected chi connectivity index (χ1v) is 11.1. The maximum atomic E-state index is 13.1. The zero-order valence-corrected chi connectivity index (χ0v) is 18.7. The van der Waals surface area contributed by atoms with Crippen molar-refractivity contribution in [3.63, 3.8) is 0 Å². The number of ketones is 1. The number of dihydropyridines is 1. The summed E-state index contributed by atoms with van der Waals surface area (Å²) in [6, 6.07) is 5.54. The van der Waals surface area contributed by atoms with Crippen molar-refractivity contribution in [3.05, 3.63) is 62.5 Å². The van der Waals surface area contributed by atoms with Gasteiger partial charge in [-0.3, -0.25) is 14.9 Å². The molecule has 0 fully saturated rings. The van der Waals surface area contributed by atoms with Gasteiger partial charge in [0.1, 0.15) is 5.75 Å². The molecule has 10 nitrogen and oxygen atoms in total. The van der Waals surface area contributed by atoms with Crippen LogP contribution in [0.25, 0.3) is 0 Å². The van der Waals surface area contributed by atoms with E-state index < -0.39 is 44.5 Å². The molecule has 0 amide bonds. The summed E-state index contributed by atoms with van der Waals surface area (Å²) < 4.78 is 31.4. The molecule has 0 bridgehead atoms. The molecular weight excluding hydrogens is 426 g/mol. The van der Waals surface area contributed by atoms with Crippen LogP contribution < -0.4 is 10.0 Å². The zero-order chi connectivity index (χ0) is 23.5. The Hall–Kier alpha value is -3.05. The first-order chi connectivity index (χ1) is 14.4. The molecule has 0 aliphatic carbocycles. The summed E-state index contributed by atoms with van der Waals surface area (Å²) in [6.45, 7) is 6.53. The number of non-ortho nitro benzene ring substituents is 1. The maximum absolute atomic E-state index is 13.1. The van der Waals surface area contributed by atoms with Crippen LogP contribution in [0.15, 0.2) is 46.8 Å². The highest BCUT2D eigenvalue weighted by molar-refractivity contribution is 7.90. The van der Waals surface area contributed by atoms with Crippen LogP contribution in [0.1, 0.15) is 39.2 Å². The molecule has 0 spiro atoms. The molecule has 1 heterocycles. The standard InChI is InChI=1S/C20H25N3O7S/c1-11(2)30-20(25)18-13(4)22-12(3)17(16(24)10-31(28,29)21-5)19(18)14-7-6-8-15(9-14)23(26)27/h6-9,11,19,21-22H,10H2,1-5H3. The van der Waals surface area contributed by atoms with Gasteiger partial charge in [-0.25, -0.2) is 17.9 Å². The second kappa shape index (κ2) is 9.40. The van der Waals surface area contributed by atoms with Crippen LogP contribution in [0, 0.1) is 10.1 Å². The van der Waals surface area contributed by atoms with Crippen molar-refractivity contribution in [1.82, 2.24) is 10.0 Å². The van der Waals surface area contributed by atoms with Crippen molar-refractivity contribution in [1.29, 1.82) is 0 Å². The lowest BCUT2D eigenvalue weighted by atomic mass is 9.79. The summed E-state index contributed by atoms with van der Waals surface area (Å²) in [6.07, 6.45) is -0.450. The quantitative estimate of drug-likeness (QED) is 0.346. The number of hydrogen-bond acceptors (Lipinski definition) is 8. The predicted molar refractivity (Wildman–Crippen MR) is 113 cm³/mol. The van der Waals surface area contributed by atoms with Gasteiger partial charge in [0.05, 0.1) is 16.6 Å². The normalized spacial score (nSPS) is 16.9. The number of allylic oxidation sites excluding steroid dienone is 3. The van der Waals surface area contributed by atoms with Gasteiger partial charge >= 0.3 is 5.97 Å². The number of carbonyl (C=O) groups excluding carboxylic acids is 2. The Morgan fingerprint density at radius 3 is 2.39 bits per heavy atom. The molecule has 1 aromatic rings. The SMILES string of the molecule is CNS(=O)(=O)CC(=O)C1=C(C)NC(C)=C(C(=O)OC(C)C)C1c1cccc([N+](=O)[O-])c1. The van der Waals surface area contributed by atoms with Gasteiger partial charge < -0.3 is 10.1 Å². The largest absolute Gasteiger partial charge is 0.460 e. The van der Waals surface area contributed by atoms with Crippen molar-refractivity contribution in [3.8, 4) is 0 Å². The lowest BCUT2D eigenvalue weighted by Gasteiger charge is -2.31. The fourth-order valence-electron chi connectivity index (χ4n) is 3.39. The molecule has 1 aromatic carbocycles. The van der Waals surface area contributed by atoms with Crippen LogP contribution >= 0.6 is 0 Å². The summed E-state index contributed by atoms with van der Waals surface area (Å²) >= 11 is 0. The van der Waals surface area contributed by atoms with E-state index in [1.165, 1.54) is 25.2 Å². The van der Waals surface area contributed by atoms with Crippen LogP contribution in [0.2, 0.25) is 0 Å². The van der Waals surface area contributed by atoms with Crippen LogP contribution in [0.3, 0.4) is 0 Å². The molecule has 2 rings (SSSR count). The van der Waals surface area contributed by atoms with Gasteiger partial charge in [-0.1, -0.05) is 12.1 Å². The molecule has 0 aromatic heterocycles. The fraction of sp³-hybridized carbons (Fsp3) is 0.400. The van der Waals surface area contributed by atoms with E-state index in [9.17, 15) is 28.1 Å². The van der Waals surface area contributed by atoms with Crippen LogP contribution in [0.5, 0.6) is 0 Å². The third-order valence-electron chi connectivity index (χ3n) is 4.67. The molecule has 1 aliphatic heterocycles. The van der Waals surface area contributed by atoms with E-state index in [0.29, 0.717) is 17.0 Å². The smallest absolute Gasteiger partial charge is 0.337 e. The number of ether oxygens (including phenoxy) is 1. The van der Waals surface area contributed by atoms with E-state index in [0.717, 1.165) is 0 Å². The van der Waals surface area contributed by atoms with E-state index >= 15 is 0 Å². The molecule has 0 radical (unpaired) electrons. The maximum Gasteiger partial charge on any atom is 0.337 e. The molecule has 31 heavy (non-hydrogen) atoms. The van der Waals surface area contributed by atoms with E-state index in [4.69, 9.17) is 4.74 Å². The number of benzene rings is 1. The number of nitrogens with one attached hydrogen (secondary N) is 2. The summed E-state index contributed by atoms with van der Waals surface area (Å²) in [7, 11) is -2.70. The molecule has 0 saturated carbocycles. The van der Waals surface area contributed by atoms with Gasteiger partial charge in [0, 0.05) is 35.0 Å². The molecule has 1 aliphatic rings. The number of sulfonamides is 1. The minimum atomic E-state index is -3.89. The van der Waals surface area contributed by atoms with Gasteiger partial charge in [-0.15, -0.1) is 0 Å². The summed E-state index contributed by atoms with van der Waals surface area (Å²) in [5, 5.41) is 14.2. The van der Waals surface area contributed by atoms with Crippen molar-refractivity contribution in [2.24, 2.45) is 0 Å². The van der Waals surface area contributed by atoms with Gasteiger partial charge in [0.2, 0.25) is 10.0 Å². The predicted octanol–water partition coefficient (Wildman–Crippen LogP) is 1.90. The Bertz CT molecular complexity index is 1090. The number of nitro groups is 1. The molecule has 0 saturated heterocycles. The third-order valence-corrected chi connectivity index (χ3v) is 5.93. The number of esters is 1. The van der Waals surface area contributed by atoms with Gasteiger partial charge in [-0.2, -0.15) is 0 Å². The average Bonchev–Trinajstić information content (AvgIpc) is 2.66. The number of Topliss-reactive ketones (excluding diaryl/α,β-unsaturated/α-hetero) is 1. The highest BCUT2D eigenvalue weighted by atomic mass is 32.2. The topological polar surface area (TPSA) is 145 Å². The average molecular weight is 452 g/mol. The number of nitrogens with zero attached hydrogens (tertiary/aromatic N) is 1. The van der Waals surface area contributed by atoms with Crippen LogP contribution in [-0.4, -0.2) is 44.0 Å². The van der Waals surface area contributed by atoms with Gasteiger partial charge in [0.25, 0.3) is 5.69 Å². The Balaban J connectivity index is 2.71. The zero-order valence-electron chi connectivity index (χ0n) is 17.9. The summed E-state index contributed by atoms with van der Waals surface area (Å²) in [5.74, 6) is -3.31. The van der Waals surface area contributed by atoms with E-state index in [1.54, 1.807) is 33.8 Å². The lowest BCUT2D eigenvalue weighted by Crippen LogP contribution is -2.35. The molecule has 1 unspecified atom stereocenters.